The average molecular weight is 203 g/mol. The minimum atomic E-state index is 0.819. The number of allylic oxidation sites excluding steroid dienone is 3. The molecule has 15 heavy (non-hydrogen) atoms. The summed E-state index contributed by atoms with van der Waals surface area (Å²) in [6.07, 6.45) is 6.79. The van der Waals surface area contributed by atoms with Crippen molar-refractivity contribution in [2.24, 2.45) is 0 Å². The van der Waals surface area contributed by atoms with Gasteiger partial charge < -0.3 is 4.52 Å². The fourth-order valence-electron chi connectivity index (χ4n) is 1.53. The van der Waals surface area contributed by atoms with Crippen molar-refractivity contribution in [3.63, 3.8) is 0 Å². The number of aryl methyl sites for hydroxylation is 1. The highest BCUT2D eigenvalue weighted by molar-refractivity contribution is 5.75. The fourth-order valence-corrected chi connectivity index (χ4v) is 1.53. The second-order valence-corrected chi connectivity index (χ2v) is 3.03. The number of rotatable bonds is 1. The second-order valence-electron chi connectivity index (χ2n) is 3.03. The quantitative estimate of drug-likeness (QED) is 0.645. The van der Waals surface area contributed by atoms with E-state index in [1.807, 2.05) is 32.9 Å². The van der Waals surface area contributed by atoms with Crippen LogP contribution < -0.4 is 0 Å². The maximum atomic E-state index is 5.17. The summed E-state index contributed by atoms with van der Waals surface area (Å²) in [6.45, 7) is 8.09. The van der Waals surface area contributed by atoms with Crippen molar-refractivity contribution < 1.29 is 4.52 Å². The highest BCUT2D eigenvalue weighted by Gasteiger charge is 2.14. The van der Waals surface area contributed by atoms with Crippen LogP contribution in [0.3, 0.4) is 0 Å². The van der Waals surface area contributed by atoms with Gasteiger partial charge in [0, 0.05) is 11.6 Å². The van der Waals surface area contributed by atoms with Crippen LogP contribution in [0.2, 0.25) is 0 Å². The van der Waals surface area contributed by atoms with E-state index in [4.69, 9.17) is 4.52 Å². The molecule has 1 aromatic rings. The Bertz CT molecular complexity index is 418. The molecule has 0 saturated heterocycles. The molecule has 0 bridgehead atoms. The molecule has 0 aromatic carbocycles. The molecule has 0 amide bonds. The zero-order valence-corrected chi connectivity index (χ0v) is 9.79. The third-order valence-electron chi connectivity index (χ3n) is 2.19. The molecular formula is C13H17NO. The zero-order chi connectivity index (χ0) is 11.3. The summed E-state index contributed by atoms with van der Waals surface area (Å²) in [5, 5.41) is 3.94. The van der Waals surface area contributed by atoms with Crippen molar-refractivity contribution in [2.45, 2.75) is 34.1 Å². The van der Waals surface area contributed by atoms with Crippen LogP contribution in [0.15, 0.2) is 22.4 Å². The van der Waals surface area contributed by atoms with E-state index in [1.165, 1.54) is 5.57 Å². The predicted molar refractivity (Wildman–Crippen MR) is 63.4 cm³/mol. The average Bonchev–Trinajstić information content (AvgIpc) is 2.54. The molecule has 2 nitrogen and oxygen atoms in total. The van der Waals surface area contributed by atoms with Crippen molar-refractivity contribution in [1.82, 2.24) is 5.16 Å². The van der Waals surface area contributed by atoms with Crippen molar-refractivity contribution in [2.75, 3.05) is 0 Å². The highest BCUT2D eigenvalue weighted by atomic mass is 16.5. The molecule has 0 fully saturated rings. The van der Waals surface area contributed by atoms with Crippen molar-refractivity contribution in [3.05, 3.63) is 34.9 Å². The molecule has 2 rings (SSSR count). The Morgan fingerprint density at radius 3 is 2.80 bits per heavy atom. The van der Waals surface area contributed by atoms with Crippen LogP contribution in [0.25, 0.3) is 11.6 Å². The number of hydrogen-bond donors (Lipinski definition) is 0. The van der Waals surface area contributed by atoms with Gasteiger partial charge in [0.1, 0.15) is 0 Å². The first-order valence-electron chi connectivity index (χ1n) is 5.41. The Morgan fingerprint density at radius 2 is 2.13 bits per heavy atom. The lowest BCUT2D eigenvalue weighted by Crippen LogP contribution is -1.85. The van der Waals surface area contributed by atoms with Gasteiger partial charge in [0.15, 0.2) is 5.76 Å². The van der Waals surface area contributed by atoms with Gasteiger partial charge in [0.25, 0.3) is 0 Å². The summed E-state index contributed by atoms with van der Waals surface area (Å²) in [5.41, 5.74) is 6.36. The van der Waals surface area contributed by atoms with E-state index in [0.717, 1.165) is 23.4 Å². The molecule has 0 N–H and O–H groups in total. The van der Waals surface area contributed by atoms with Crippen LogP contribution >= 0.6 is 0 Å². The number of fused-ring (bicyclic) bond motifs is 1. The third kappa shape index (κ3) is 2.28. The van der Waals surface area contributed by atoms with E-state index in [0.29, 0.717) is 0 Å². The largest absolute Gasteiger partial charge is 0.355 e. The van der Waals surface area contributed by atoms with E-state index in [-0.39, 0.29) is 0 Å². The van der Waals surface area contributed by atoms with Gasteiger partial charge in [-0.25, -0.2) is 0 Å². The molecule has 1 aliphatic carbocycles. The molecule has 0 unspecified atom stereocenters. The van der Waals surface area contributed by atoms with E-state index < -0.39 is 0 Å². The molecule has 1 aliphatic rings. The van der Waals surface area contributed by atoms with Crippen LogP contribution in [0, 0.1) is 6.92 Å². The standard InChI is InChI=1S/C11H11NO.C2H6/c1-3-9-6-4-5-7-10-11(9)8(2)12-13-10;1-2/h4,6-7H,3H2,1-2H3;1-2H3. The lowest BCUT2D eigenvalue weighted by molar-refractivity contribution is 0.408. The summed E-state index contributed by atoms with van der Waals surface area (Å²) in [4.78, 5) is 0. The Labute approximate surface area is 91.0 Å². The van der Waals surface area contributed by atoms with E-state index in [9.17, 15) is 0 Å². The maximum Gasteiger partial charge on any atom is 0.175 e. The van der Waals surface area contributed by atoms with E-state index in [1.54, 1.807) is 0 Å². The second kappa shape index (κ2) is 5.38. The summed E-state index contributed by atoms with van der Waals surface area (Å²) in [5.74, 6) is 0.819. The van der Waals surface area contributed by atoms with Crippen molar-refractivity contribution in [1.29, 1.82) is 0 Å². The molecule has 0 spiro atoms. The smallest absolute Gasteiger partial charge is 0.175 e. The van der Waals surface area contributed by atoms with Crippen LogP contribution in [0.5, 0.6) is 0 Å². The summed E-state index contributed by atoms with van der Waals surface area (Å²) in [7, 11) is 0. The SMILES string of the molecule is CC.CCC1=CC=C=Cc2onc(C)c21. The summed E-state index contributed by atoms with van der Waals surface area (Å²) < 4.78 is 5.17. The van der Waals surface area contributed by atoms with Crippen molar-refractivity contribution >= 4 is 11.6 Å². The molecule has 1 aromatic heterocycles. The number of hydrogen-bond acceptors (Lipinski definition) is 2. The third-order valence-corrected chi connectivity index (χ3v) is 2.19. The Kier molecular flexibility index (Phi) is 4.14. The van der Waals surface area contributed by atoms with Crippen LogP contribution in [0.4, 0.5) is 0 Å². The van der Waals surface area contributed by atoms with Crippen LogP contribution in [-0.4, -0.2) is 5.16 Å². The highest BCUT2D eigenvalue weighted by Crippen LogP contribution is 2.27. The van der Waals surface area contributed by atoms with Crippen LogP contribution in [0.1, 0.15) is 44.2 Å². The minimum Gasteiger partial charge on any atom is -0.355 e. The number of nitrogens with zero attached hydrogens (tertiary/aromatic N) is 1. The van der Waals surface area contributed by atoms with E-state index in [2.05, 4.69) is 23.9 Å². The van der Waals surface area contributed by atoms with Gasteiger partial charge in [-0.05, 0) is 25.0 Å². The van der Waals surface area contributed by atoms with Gasteiger partial charge >= 0.3 is 0 Å². The Morgan fingerprint density at radius 1 is 1.40 bits per heavy atom. The monoisotopic (exact) mass is 203 g/mol. The summed E-state index contributed by atoms with van der Waals surface area (Å²) >= 11 is 0. The zero-order valence-electron chi connectivity index (χ0n) is 9.79. The number of aromatic nitrogens is 1. The van der Waals surface area contributed by atoms with Gasteiger partial charge in [0.2, 0.25) is 0 Å². The molecule has 0 atom stereocenters. The normalized spacial score (nSPS) is 12.4. The van der Waals surface area contributed by atoms with E-state index >= 15 is 0 Å². The van der Waals surface area contributed by atoms with Crippen molar-refractivity contribution in [3.8, 4) is 0 Å². The van der Waals surface area contributed by atoms with Gasteiger partial charge in [-0.1, -0.05) is 32.0 Å². The summed E-state index contributed by atoms with van der Waals surface area (Å²) in [6, 6.07) is 0. The van der Waals surface area contributed by atoms with Gasteiger partial charge in [0.05, 0.1) is 5.69 Å². The topological polar surface area (TPSA) is 26.0 Å². The Balaban J connectivity index is 0.000000531. The maximum absolute atomic E-state index is 5.17. The van der Waals surface area contributed by atoms with Gasteiger partial charge in [-0.3, -0.25) is 0 Å². The predicted octanol–water partition coefficient (Wildman–Crippen LogP) is 3.98. The molecular weight excluding hydrogens is 186 g/mol. The lowest BCUT2D eigenvalue weighted by Gasteiger charge is -2.00. The fraction of sp³-hybridized carbons (Fsp3) is 0.385. The molecule has 2 heteroatoms. The molecule has 1 heterocycles. The van der Waals surface area contributed by atoms with Crippen LogP contribution in [-0.2, 0) is 0 Å². The van der Waals surface area contributed by atoms with Gasteiger partial charge in [-0.15, -0.1) is 5.73 Å². The first-order valence-corrected chi connectivity index (χ1v) is 5.41. The lowest BCUT2D eigenvalue weighted by atomic mass is 10.0. The molecule has 0 aliphatic heterocycles. The first kappa shape index (κ1) is 11.5. The molecule has 0 saturated carbocycles. The molecule has 80 valence electrons. The molecule has 0 radical (unpaired) electrons. The Hall–Kier alpha value is -1.53. The minimum absolute atomic E-state index is 0.819. The first-order chi connectivity index (χ1) is 7.33. The van der Waals surface area contributed by atoms with Gasteiger partial charge in [-0.2, -0.15) is 0 Å².